The molecule has 0 atom stereocenters. The lowest BCUT2D eigenvalue weighted by Gasteiger charge is -1.91. The number of pyridine rings is 1. The lowest BCUT2D eigenvalue weighted by Crippen LogP contribution is -1.92. The molecular formula is C10H9N3O2. The Labute approximate surface area is 85.6 Å². The minimum absolute atomic E-state index is 0.111. The van der Waals surface area contributed by atoms with Crippen LogP contribution in [0.4, 0.5) is 0 Å². The Balaban J connectivity index is 2.54. The van der Waals surface area contributed by atoms with Crippen LogP contribution in [0.25, 0.3) is 17.1 Å². The topological polar surface area (TPSA) is 71.8 Å². The van der Waals surface area contributed by atoms with E-state index in [-0.39, 0.29) is 5.70 Å². The van der Waals surface area contributed by atoms with Crippen molar-refractivity contribution in [3.63, 3.8) is 0 Å². The smallest absolute Gasteiger partial charge is 0.243 e. The normalized spacial score (nSPS) is 11.9. The van der Waals surface area contributed by atoms with Crippen molar-refractivity contribution in [2.24, 2.45) is 0 Å². The van der Waals surface area contributed by atoms with Crippen molar-refractivity contribution in [1.29, 1.82) is 0 Å². The van der Waals surface area contributed by atoms with Gasteiger partial charge in [-0.1, -0.05) is 0 Å². The van der Waals surface area contributed by atoms with Crippen LogP contribution in [-0.4, -0.2) is 14.9 Å². The van der Waals surface area contributed by atoms with Crippen molar-refractivity contribution in [2.75, 3.05) is 0 Å². The zero-order chi connectivity index (χ0) is 10.8. The van der Waals surface area contributed by atoms with Gasteiger partial charge < -0.3 is 4.98 Å². The van der Waals surface area contributed by atoms with Gasteiger partial charge in [-0.3, -0.25) is 10.1 Å². The average molecular weight is 203 g/mol. The summed E-state index contributed by atoms with van der Waals surface area (Å²) in [6.45, 7) is 1.47. The lowest BCUT2D eigenvalue weighted by molar-refractivity contribution is -0.422. The van der Waals surface area contributed by atoms with Crippen LogP contribution in [0.15, 0.2) is 30.2 Å². The molecular weight excluding hydrogens is 194 g/mol. The van der Waals surface area contributed by atoms with Gasteiger partial charge in [0, 0.05) is 36.3 Å². The number of nitrogens with one attached hydrogen (secondary N) is 1. The van der Waals surface area contributed by atoms with Gasteiger partial charge in [0.05, 0.1) is 4.92 Å². The first-order valence-electron chi connectivity index (χ1n) is 4.43. The van der Waals surface area contributed by atoms with Crippen molar-refractivity contribution >= 4 is 17.1 Å². The highest BCUT2D eigenvalue weighted by atomic mass is 16.6. The summed E-state index contributed by atoms with van der Waals surface area (Å²) >= 11 is 0. The summed E-state index contributed by atoms with van der Waals surface area (Å²) in [5.41, 5.74) is 1.63. The summed E-state index contributed by atoms with van der Waals surface area (Å²) in [4.78, 5) is 17.1. The van der Waals surface area contributed by atoms with Crippen LogP contribution >= 0.6 is 0 Å². The summed E-state index contributed by atoms with van der Waals surface area (Å²) in [7, 11) is 0. The van der Waals surface area contributed by atoms with Crippen LogP contribution in [0.2, 0.25) is 0 Å². The Kier molecular flexibility index (Phi) is 2.21. The highest BCUT2D eigenvalue weighted by Gasteiger charge is 2.06. The second-order valence-corrected chi connectivity index (χ2v) is 3.19. The van der Waals surface area contributed by atoms with E-state index < -0.39 is 4.92 Å². The van der Waals surface area contributed by atoms with Crippen LogP contribution in [-0.2, 0) is 0 Å². The largest absolute Gasteiger partial charge is 0.346 e. The SMILES string of the molecule is CC(=Cc1c[nH]c2ncccc12)[N+](=O)[O-]. The summed E-state index contributed by atoms with van der Waals surface area (Å²) in [5, 5.41) is 11.4. The molecule has 0 aliphatic carbocycles. The number of aromatic amines is 1. The van der Waals surface area contributed by atoms with Crippen LogP contribution in [0.1, 0.15) is 12.5 Å². The maximum Gasteiger partial charge on any atom is 0.243 e. The Morgan fingerprint density at radius 1 is 1.67 bits per heavy atom. The van der Waals surface area contributed by atoms with E-state index in [0.717, 1.165) is 16.6 Å². The number of rotatable bonds is 2. The van der Waals surface area contributed by atoms with Crippen LogP contribution < -0.4 is 0 Å². The van der Waals surface area contributed by atoms with E-state index in [4.69, 9.17) is 0 Å². The van der Waals surface area contributed by atoms with E-state index in [2.05, 4.69) is 9.97 Å². The summed E-state index contributed by atoms with van der Waals surface area (Å²) in [6, 6.07) is 3.67. The molecule has 2 aromatic heterocycles. The molecule has 5 nitrogen and oxygen atoms in total. The molecule has 0 saturated heterocycles. The molecule has 0 bridgehead atoms. The molecule has 0 unspecified atom stereocenters. The van der Waals surface area contributed by atoms with Crippen LogP contribution in [0, 0.1) is 10.1 Å². The predicted molar refractivity (Wildman–Crippen MR) is 56.7 cm³/mol. The zero-order valence-electron chi connectivity index (χ0n) is 8.10. The maximum absolute atomic E-state index is 10.5. The molecule has 0 aliphatic heterocycles. The molecule has 2 aromatic rings. The molecule has 0 radical (unpaired) electrons. The highest BCUT2D eigenvalue weighted by molar-refractivity contribution is 5.86. The van der Waals surface area contributed by atoms with Crippen molar-refractivity contribution in [2.45, 2.75) is 6.92 Å². The molecule has 0 amide bonds. The number of hydrogen-bond acceptors (Lipinski definition) is 3. The van der Waals surface area contributed by atoms with Gasteiger partial charge in [0.15, 0.2) is 0 Å². The second kappa shape index (κ2) is 3.53. The summed E-state index contributed by atoms with van der Waals surface area (Å²) in [5.74, 6) is 0. The average Bonchev–Trinajstić information content (AvgIpc) is 2.62. The van der Waals surface area contributed by atoms with E-state index in [9.17, 15) is 10.1 Å². The van der Waals surface area contributed by atoms with Gasteiger partial charge in [-0.15, -0.1) is 0 Å². The van der Waals surface area contributed by atoms with Crippen molar-refractivity contribution in [1.82, 2.24) is 9.97 Å². The first-order valence-corrected chi connectivity index (χ1v) is 4.43. The molecule has 1 N–H and O–H groups in total. The number of fused-ring (bicyclic) bond motifs is 1. The van der Waals surface area contributed by atoms with Gasteiger partial charge in [0.2, 0.25) is 5.70 Å². The van der Waals surface area contributed by atoms with Gasteiger partial charge in [-0.25, -0.2) is 4.98 Å². The zero-order valence-corrected chi connectivity index (χ0v) is 8.10. The summed E-state index contributed by atoms with van der Waals surface area (Å²) < 4.78 is 0. The van der Waals surface area contributed by atoms with E-state index in [0.29, 0.717) is 0 Å². The van der Waals surface area contributed by atoms with E-state index in [1.54, 1.807) is 18.5 Å². The second-order valence-electron chi connectivity index (χ2n) is 3.19. The molecule has 0 saturated carbocycles. The molecule has 0 spiro atoms. The Hall–Kier alpha value is -2.17. The van der Waals surface area contributed by atoms with Gasteiger partial charge in [0.25, 0.3) is 0 Å². The maximum atomic E-state index is 10.5. The monoisotopic (exact) mass is 203 g/mol. The molecule has 0 fully saturated rings. The first kappa shape index (κ1) is 9.39. The minimum Gasteiger partial charge on any atom is -0.346 e. The van der Waals surface area contributed by atoms with E-state index >= 15 is 0 Å². The molecule has 2 rings (SSSR count). The Morgan fingerprint density at radius 2 is 2.47 bits per heavy atom. The number of nitrogens with zero attached hydrogens (tertiary/aromatic N) is 2. The molecule has 0 aliphatic rings. The lowest BCUT2D eigenvalue weighted by atomic mass is 10.2. The molecule has 15 heavy (non-hydrogen) atoms. The highest BCUT2D eigenvalue weighted by Crippen LogP contribution is 2.18. The van der Waals surface area contributed by atoms with Crippen molar-refractivity contribution < 1.29 is 4.92 Å². The van der Waals surface area contributed by atoms with Crippen molar-refractivity contribution in [3.8, 4) is 0 Å². The standard InChI is InChI=1S/C10H9N3O2/c1-7(13(14)15)5-8-6-12-10-9(8)3-2-4-11-10/h2-6H,1H3,(H,11,12). The number of H-pyrrole nitrogens is 1. The van der Waals surface area contributed by atoms with Gasteiger partial charge in [0.1, 0.15) is 5.65 Å². The molecule has 0 aromatic carbocycles. The fraction of sp³-hybridized carbons (Fsp3) is 0.100. The van der Waals surface area contributed by atoms with Gasteiger partial charge >= 0.3 is 0 Å². The van der Waals surface area contributed by atoms with Gasteiger partial charge in [-0.05, 0) is 12.1 Å². The Morgan fingerprint density at radius 3 is 3.20 bits per heavy atom. The Bertz CT molecular complexity index is 542. The number of aromatic nitrogens is 2. The molecule has 2 heterocycles. The fourth-order valence-corrected chi connectivity index (χ4v) is 1.37. The number of hydrogen-bond donors (Lipinski definition) is 1. The molecule has 5 heteroatoms. The van der Waals surface area contributed by atoms with E-state index in [1.807, 2.05) is 6.07 Å². The summed E-state index contributed by atoms with van der Waals surface area (Å²) in [6.07, 6.45) is 4.91. The third-order valence-electron chi connectivity index (χ3n) is 2.14. The van der Waals surface area contributed by atoms with Crippen molar-refractivity contribution in [3.05, 3.63) is 45.9 Å². The first-order chi connectivity index (χ1) is 7.18. The fourth-order valence-electron chi connectivity index (χ4n) is 1.37. The predicted octanol–water partition coefficient (Wildman–Crippen LogP) is 2.20. The van der Waals surface area contributed by atoms with Gasteiger partial charge in [-0.2, -0.15) is 0 Å². The number of nitro groups is 1. The van der Waals surface area contributed by atoms with Crippen LogP contribution in [0.5, 0.6) is 0 Å². The quantitative estimate of drug-likeness (QED) is 0.600. The van der Waals surface area contributed by atoms with E-state index in [1.165, 1.54) is 13.0 Å². The minimum atomic E-state index is -0.408. The third kappa shape index (κ3) is 1.71. The molecule has 76 valence electrons. The third-order valence-corrected chi connectivity index (χ3v) is 2.14. The number of allylic oxidation sites excluding steroid dienone is 1. The van der Waals surface area contributed by atoms with Crippen LogP contribution in [0.3, 0.4) is 0 Å².